The van der Waals surface area contributed by atoms with Gasteiger partial charge >= 0.3 is 12.4 Å². The lowest BCUT2D eigenvalue weighted by Crippen LogP contribution is -2.57. The molecule has 0 aliphatic carbocycles. The summed E-state index contributed by atoms with van der Waals surface area (Å²) in [4.78, 5) is 3.58. The van der Waals surface area contributed by atoms with Crippen molar-refractivity contribution in [1.29, 1.82) is 0 Å². The van der Waals surface area contributed by atoms with E-state index >= 15 is 0 Å². The first-order chi connectivity index (χ1) is 7.95. The zero-order chi connectivity index (χ0) is 14.6. The summed E-state index contributed by atoms with van der Waals surface area (Å²) in [5.41, 5.74) is -5.11. The fourth-order valence-electron chi connectivity index (χ4n) is 1.22. The van der Waals surface area contributed by atoms with Crippen molar-refractivity contribution in [3.8, 4) is 0 Å². The van der Waals surface area contributed by atoms with E-state index in [1.807, 2.05) is 6.92 Å². The molecule has 18 heavy (non-hydrogen) atoms. The Morgan fingerprint density at radius 3 is 1.83 bits per heavy atom. The van der Waals surface area contributed by atoms with E-state index in [1.54, 1.807) is 0 Å². The molecule has 0 aromatic heterocycles. The smallest absolute Gasteiger partial charge is 0.373 e. The van der Waals surface area contributed by atoms with Crippen molar-refractivity contribution >= 4 is 5.71 Å². The largest absolute Gasteiger partial charge is 0.426 e. The average Bonchev–Trinajstić information content (AvgIpc) is 2.14. The number of nitrogens with zero attached hydrogens (tertiary/aromatic N) is 1. The van der Waals surface area contributed by atoms with Gasteiger partial charge in [-0.3, -0.25) is 4.99 Å². The monoisotopic (exact) mass is 279 g/mol. The molecule has 0 saturated carbocycles. The van der Waals surface area contributed by atoms with Crippen LogP contribution in [0.1, 0.15) is 33.1 Å². The van der Waals surface area contributed by atoms with Gasteiger partial charge in [0.1, 0.15) is 0 Å². The van der Waals surface area contributed by atoms with Crippen molar-refractivity contribution in [2.45, 2.75) is 51.1 Å². The molecule has 2 nitrogen and oxygen atoms in total. The van der Waals surface area contributed by atoms with Gasteiger partial charge in [0.15, 0.2) is 0 Å². The van der Waals surface area contributed by atoms with Crippen LogP contribution in [0.25, 0.3) is 0 Å². The third-order valence-electron chi connectivity index (χ3n) is 2.34. The van der Waals surface area contributed by atoms with Gasteiger partial charge in [-0.25, -0.2) is 0 Å². The lowest BCUT2D eigenvalue weighted by molar-refractivity contribution is -0.365. The highest BCUT2D eigenvalue weighted by Gasteiger charge is 2.70. The second kappa shape index (κ2) is 5.90. The van der Waals surface area contributed by atoms with Crippen LogP contribution < -0.4 is 0 Å². The van der Waals surface area contributed by atoms with E-state index < -0.39 is 24.4 Å². The molecule has 0 fully saturated rings. The highest BCUT2D eigenvalue weighted by molar-refractivity contribution is 5.83. The molecular weight excluding hydrogens is 264 g/mol. The Balaban J connectivity index is 5.00. The molecule has 0 aliphatic heterocycles. The highest BCUT2D eigenvalue weighted by atomic mass is 19.4. The normalized spacial score (nSPS) is 15.1. The number of hydrogen-bond donors (Lipinski definition) is 1. The number of rotatable bonds is 5. The van der Waals surface area contributed by atoms with E-state index in [4.69, 9.17) is 5.11 Å². The predicted molar refractivity (Wildman–Crippen MR) is 54.6 cm³/mol. The van der Waals surface area contributed by atoms with E-state index in [0.717, 1.165) is 13.3 Å². The molecule has 8 heteroatoms. The van der Waals surface area contributed by atoms with Crippen molar-refractivity contribution in [3.63, 3.8) is 0 Å². The fraction of sp³-hybridized carbons (Fsp3) is 0.900. The van der Waals surface area contributed by atoms with Crippen molar-refractivity contribution in [1.82, 2.24) is 0 Å². The summed E-state index contributed by atoms with van der Waals surface area (Å²) < 4.78 is 73.9. The van der Waals surface area contributed by atoms with Crippen molar-refractivity contribution in [2.24, 2.45) is 4.99 Å². The third kappa shape index (κ3) is 4.15. The standard InChI is InChI=1S/C10H15F6NO/c1-3-4-5-17-7(2)6-8(18,9(11,12)13)10(14,15)16/h18H,3-6H2,1-2H3. The Morgan fingerprint density at radius 1 is 1.06 bits per heavy atom. The number of unbranched alkanes of at least 4 members (excludes halogenated alkanes) is 1. The molecule has 0 aromatic carbocycles. The Morgan fingerprint density at radius 2 is 1.50 bits per heavy atom. The highest BCUT2D eigenvalue weighted by Crippen LogP contribution is 2.45. The first-order valence-electron chi connectivity index (χ1n) is 5.31. The third-order valence-corrected chi connectivity index (χ3v) is 2.34. The minimum atomic E-state index is -5.78. The molecule has 0 amide bonds. The summed E-state index contributed by atoms with van der Waals surface area (Å²) in [5.74, 6) is 0. The Bertz CT molecular complexity index is 280. The number of aliphatic hydroxyl groups is 1. The van der Waals surface area contributed by atoms with Crippen molar-refractivity contribution in [3.05, 3.63) is 0 Å². The molecule has 0 saturated heterocycles. The molecular formula is C10H15F6NO. The molecule has 108 valence electrons. The average molecular weight is 279 g/mol. The van der Waals surface area contributed by atoms with Crippen LogP contribution in [0.15, 0.2) is 4.99 Å². The van der Waals surface area contributed by atoms with E-state index in [9.17, 15) is 26.3 Å². The number of hydrogen-bond acceptors (Lipinski definition) is 2. The van der Waals surface area contributed by atoms with Crippen molar-refractivity contribution < 1.29 is 31.4 Å². The van der Waals surface area contributed by atoms with Crippen LogP contribution in [0, 0.1) is 0 Å². The van der Waals surface area contributed by atoms with Gasteiger partial charge < -0.3 is 5.11 Å². The van der Waals surface area contributed by atoms with E-state index in [0.29, 0.717) is 6.42 Å². The van der Waals surface area contributed by atoms with Crippen LogP contribution in [0.5, 0.6) is 0 Å². The number of aliphatic imine (C=N–C) groups is 1. The van der Waals surface area contributed by atoms with Crippen molar-refractivity contribution in [2.75, 3.05) is 6.54 Å². The molecule has 1 N–H and O–H groups in total. The second-order valence-electron chi connectivity index (χ2n) is 4.00. The van der Waals surface area contributed by atoms with Crippen LogP contribution in [-0.2, 0) is 0 Å². The molecule has 0 unspecified atom stereocenters. The van der Waals surface area contributed by atoms with Gasteiger partial charge in [-0.1, -0.05) is 13.3 Å². The SMILES string of the molecule is CCCCN=C(C)CC(O)(C(F)(F)F)C(F)(F)F. The Kier molecular flexibility index (Phi) is 5.64. The fourth-order valence-corrected chi connectivity index (χ4v) is 1.22. The van der Waals surface area contributed by atoms with Gasteiger partial charge in [-0.05, 0) is 13.3 Å². The Labute approximate surface area is 101 Å². The second-order valence-corrected chi connectivity index (χ2v) is 4.00. The maximum absolute atomic E-state index is 12.3. The molecule has 0 bridgehead atoms. The van der Waals surface area contributed by atoms with Gasteiger partial charge in [0.2, 0.25) is 0 Å². The molecule has 0 aromatic rings. The molecule has 0 radical (unpaired) electrons. The first kappa shape index (κ1) is 17.2. The molecule has 0 rings (SSSR count). The van der Waals surface area contributed by atoms with Crippen LogP contribution in [0.2, 0.25) is 0 Å². The molecule has 0 spiro atoms. The first-order valence-corrected chi connectivity index (χ1v) is 5.31. The van der Waals surface area contributed by atoms with Gasteiger partial charge in [0.05, 0.1) is 0 Å². The summed E-state index contributed by atoms with van der Waals surface area (Å²) in [5, 5.41) is 8.88. The minimum Gasteiger partial charge on any atom is -0.373 e. The van der Waals surface area contributed by atoms with E-state index in [-0.39, 0.29) is 12.3 Å². The summed E-state index contributed by atoms with van der Waals surface area (Å²) in [6, 6.07) is 0. The van der Waals surface area contributed by atoms with E-state index in [2.05, 4.69) is 4.99 Å². The predicted octanol–water partition coefficient (Wildman–Crippen LogP) is 3.49. The summed E-state index contributed by atoms with van der Waals surface area (Å²) >= 11 is 0. The van der Waals surface area contributed by atoms with Crippen LogP contribution in [0.3, 0.4) is 0 Å². The zero-order valence-corrected chi connectivity index (χ0v) is 9.99. The lowest BCUT2D eigenvalue weighted by atomic mass is 9.95. The van der Waals surface area contributed by atoms with Gasteiger partial charge in [-0.2, -0.15) is 26.3 Å². The maximum Gasteiger partial charge on any atom is 0.426 e. The van der Waals surface area contributed by atoms with E-state index in [1.165, 1.54) is 0 Å². The Hall–Kier alpha value is -0.790. The van der Waals surface area contributed by atoms with Gasteiger partial charge in [0, 0.05) is 18.7 Å². The minimum absolute atomic E-state index is 0.147. The lowest BCUT2D eigenvalue weighted by Gasteiger charge is -2.32. The summed E-state index contributed by atoms with van der Waals surface area (Å²) in [6.07, 6.45) is -11.9. The topological polar surface area (TPSA) is 32.6 Å². The maximum atomic E-state index is 12.3. The van der Waals surface area contributed by atoms with Crippen LogP contribution in [-0.4, -0.2) is 35.3 Å². The molecule has 0 aliphatic rings. The van der Waals surface area contributed by atoms with Gasteiger partial charge in [-0.15, -0.1) is 0 Å². The summed E-state index contributed by atoms with van der Waals surface area (Å²) in [7, 11) is 0. The van der Waals surface area contributed by atoms with Gasteiger partial charge in [0.25, 0.3) is 5.60 Å². The molecule has 0 heterocycles. The molecule has 0 atom stereocenters. The van der Waals surface area contributed by atoms with Crippen LogP contribution in [0.4, 0.5) is 26.3 Å². The number of halogens is 6. The van der Waals surface area contributed by atoms with Crippen LogP contribution >= 0.6 is 0 Å². The zero-order valence-electron chi connectivity index (χ0n) is 9.99. The number of alkyl halides is 6. The quantitative estimate of drug-likeness (QED) is 0.466. The summed E-state index contributed by atoms with van der Waals surface area (Å²) in [6.45, 7) is 3.00.